The van der Waals surface area contributed by atoms with Crippen LogP contribution >= 0.6 is 24.8 Å². The second-order valence-corrected chi connectivity index (χ2v) is 6.08. The number of likely N-dealkylation sites (tertiary alicyclic amines) is 1. The van der Waals surface area contributed by atoms with Crippen LogP contribution in [-0.4, -0.2) is 55.5 Å². The lowest BCUT2D eigenvalue weighted by Crippen LogP contribution is -2.45. The molecule has 1 aliphatic rings. The molecule has 1 N–H and O–H groups in total. The molecule has 140 valence electrons. The van der Waals surface area contributed by atoms with Crippen molar-refractivity contribution < 1.29 is 4.79 Å². The third kappa shape index (κ3) is 5.17. The number of hydrogen-bond donors (Lipinski definition) is 1. The molecular weight excluding hydrogens is 365 g/mol. The number of nitrogens with one attached hydrogen (secondary N) is 1. The number of piperidine rings is 1. The van der Waals surface area contributed by atoms with Gasteiger partial charge in [-0.05, 0) is 25.8 Å². The van der Waals surface area contributed by atoms with Crippen molar-refractivity contribution >= 4 is 30.7 Å². The van der Waals surface area contributed by atoms with Crippen LogP contribution in [0.1, 0.15) is 24.4 Å². The highest BCUT2D eigenvalue weighted by Gasteiger charge is 2.29. The third-order valence-corrected chi connectivity index (χ3v) is 4.34. The monoisotopic (exact) mass is 389 g/mol. The molecule has 0 bridgehead atoms. The molecule has 0 saturated carbocycles. The quantitative estimate of drug-likeness (QED) is 0.826. The molecule has 1 saturated heterocycles. The van der Waals surface area contributed by atoms with Crippen LogP contribution in [0.15, 0.2) is 25.0 Å². The van der Waals surface area contributed by atoms with Crippen molar-refractivity contribution in [3.8, 4) is 0 Å². The number of aryl methyl sites for hydroxylation is 1. The molecule has 2 unspecified atom stereocenters. The molecule has 10 heteroatoms. The number of carbonyl (C=O) groups is 1. The summed E-state index contributed by atoms with van der Waals surface area (Å²) in [6, 6.07) is -0.339. The van der Waals surface area contributed by atoms with Gasteiger partial charge in [0, 0.05) is 38.4 Å². The van der Waals surface area contributed by atoms with E-state index in [4.69, 9.17) is 0 Å². The summed E-state index contributed by atoms with van der Waals surface area (Å²) in [6.07, 6.45) is 9.04. The summed E-state index contributed by atoms with van der Waals surface area (Å²) in [4.78, 5) is 18.8. The molecule has 0 spiro atoms. The normalized spacial score (nSPS) is 18.2. The standard InChI is InChI=1S/C15H23N7O.2ClH/c1-16-14(13-6-18-20(2)9-13)15(23)21-5-3-4-12(7-21)8-22-11-17-10-19-22;;/h6,9-12,14,16H,3-5,7-8H2,1-2H3;2*1H. The first kappa shape index (κ1) is 21.4. The molecule has 3 heterocycles. The highest BCUT2D eigenvalue weighted by Crippen LogP contribution is 2.22. The first-order valence-electron chi connectivity index (χ1n) is 7.94. The van der Waals surface area contributed by atoms with Gasteiger partial charge in [0.15, 0.2) is 0 Å². The maximum Gasteiger partial charge on any atom is 0.244 e. The van der Waals surface area contributed by atoms with E-state index in [1.807, 2.05) is 29.9 Å². The Balaban J connectivity index is 0.00000156. The first-order valence-corrected chi connectivity index (χ1v) is 7.94. The summed E-state index contributed by atoms with van der Waals surface area (Å²) in [7, 11) is 3.67. The van der Waals surface area contributed by atoms with E-state index >= 15 is 0 Å². The van der Waals surface area contributed by atoms with Gasteiger partial charge in [-0.3, -0.25) is 14.2 Å². The van der Waals surface area contributed by atoms with Crippen molar-refractivity contribution in [3.63, 3.8) is 0 Å². The molecule has 25 heavy (non-hydrogen) atoms. The van der Waals surface area contributed by atoms with Crippen LogP contribution in [-0.2, 0) is 18.4 Å². The van der Waals surface area contributed by atoms with Gasteiger partial charge in [0.25, 0.3) is 0 Å². The minimum Gasteiger partial charge on any atom is -0.341 e. The summed E-state index contributed by atoms with van der Waals surface area (Å²) >= 11 is 0. The maximum atomic E-state index is 12.9. The summed E-state index contributed by atoms with van der Waals surface area (Å²) in [5.41, 5.74) is 0.901. The molecule has 1 aliphatic heterocycles. The van der Waals surface area contributed by atoms with Crippen LogP contribution in [0.4, 0.5) is 0 Å². The second kappa shape index (κ2) is 9.74. The smallest absolute Gasteiger partial charge is 0.244 e. The largest absolute Gasteiger partial charge is 0.341 e. The van der Waals surface area contributed by atoms with Crippen molar-refractivity contribution in [2.45, 2.75) is 25.4 Å². The molecule has 0 radical (unpaired) electrons. The van der Waals surface area contributed by atoms with Crippen molar-refractivity contribution in [1.29, 1.82) is 0 Å². The summed E-state index contributed by atoms with van der Waals surface area (Å²) in [5.74, 6) is 0.532. The average molecular weight is 390 g/mol. The second-order valence-electron chi connectivity index (χ2n) is 6.08. The van der Waals surface area contributed by atoms with Crippen LogP contribution in [0.5, 0.6) is 0 Å². The highest BCUT2D eigenvalue weighted by molar-refractivity contribution is 5.85. The molecule has 2 aromatic heterocycles. The Labute approximate surface area is 159 Å². The zero-order valence-electron chi connectivity index (χ0n) is 14.4. The van der Waals surface area contributed by atoms with Crippen LogP contribution < -0.4 is 5.32 Å². The van der Waals surface area contributed by atoms with Gasteiger partial charge in [-0.25, -0.2) is 4.98 Å². The van der Waals surface area contributed by atoms with Crippen molar-refractivity contribution in [1.82, 2.24) is 34.8 Å². The Bertz CT molecular complexity index is 646. The van der Waals surface area contributed by atoms with Gasteiger partial charge in [-0.1, -0.05) is 0 Å². The minimum absolute atomic E-state index is 0. The molecule has 0 aromatic carbocycles. The van der Waals surface area contributed by atoms with Gasteiger partial charge in [0.1, 0.15) is 18.7 Å². The number of amides is 1. The van der Waals surface area contributed by atoms with Gasteiger partial charge in [-0.15, -0.1) is 24.8 Å². The van der Waals surface area contributed by atoms with E-state index in [1.165, 1.54) is 0 Å². The lowest BCUT2D eigenvalue weighted by atomic mass is 9.97. The molecule has 1 amide bonds. The number of hydrogen-bond acceptors (Lipinski definition) is 5. The van der Waals surface area contributed by atoms with Crippen molar-refractivity contribution in [2.75, 3.05) is 20.1 Å². The van der Waals surface area contributed by atoms with Crippen LogP contribution in [0, 0.1) is 5.92 Å². The van der Waals surface area contributed by atoms with Gasteiger partial charge >= 0.3 is 0 Å². The lowest BCUT2D eigenvalue weighted by Gasteiger charge is -2.34. The Morgan fingerprint density at radius 3 is 2.80 bits per heavy atom. The van der Waals surface area contributed by atoms with E-state index in [2.05, 4.69) is 20.5 Å². The number of aromatic nitrogens is 5. The zero-order valence-corrected chi connectivity index (χ0v) is 16.0. The zero-order chi connectivity index (χ0) is 16.2. The lowest BCUT2D eigenvalue weighted by molar-refractivity contribution is -0.135. The average Bonchev–Trinajstić information content (AvgIpc) is 3.20. The minimum atomic E-state index is -0.339. The van der Waals surface area contributed by atoms with Crippen molar-refractivity contribution in [2.24, 2.45) is 13.0 Å². The van der Waals surface area contributed by atoms with E-state index in [0.29, 0.717) is 5.92 Å². The fourth-order valence-electron chi connectivity index (χ4n) is 3.21. The van der Waals surface area contributed by atoms with Crippen LogP contribution in [0.3, 0.4) is 0 Å². The molecular formula is C15H25Cl2N7O. The summed E-state index contributed by atoms with van der Waals surface area (Å²) < 4.78 is 3.56. The molecule has 1 fully saturated rings. The fourth-order valence-corrected chi connectivity index (χ4v) is 3.21. The maximum absolute atomic E-state index is 12.9. The summed E-state index contributed by atoms with van der Waals surface area (Å²) in [5, 5.41) is 11.4. The van der Waals surface area contributed by atoms with Crippen LogP contribution in [0.25, 0.3) is 0 Å². The Hall–Kier alpha value is -1.64. The van der Waals surface area contributed by atoms with E-state index in [0.717, 1.165) is 38.0 Å². The highest BCUT2D eigenvalue weighted by atomic mass is 35.5. The number of halogens is 2. The van der Waals surface area contributed by atoms with Crippen molar-refractivity contribution in [3.05, 3.63) is 30.6 Å². The molecule has 0 aliphatic carbocycles. The van der Waals surface area contributed by atoms with E-state index in [1.54, 1.807) is 23.5 Å². The predicted molar refractivity (Wildman–Crippen MR) is 98.8 cm³/mol. The van der Waals surface area contributed by atoms with Gasteiger partial charge < -0.3 is 10.2 Å². The fraction of sp³-hybridized carbons (Fsp3) is 0.600. The summed E-state index contributed by atoms with van der Waals surface area (Å²) in [6.45, 7) is 2.38. The number of rotatable bonds is 5. The SMILES string of the molecule is CNC(C(=O)N1CCCC(Cn2cncn2)C1)c1cnn(C)c1.Cl.Cl. The Morgan fingerprint density at radius 2 is 2.20 bits per heavy atom. The topological polar surface area (TPSA) is 80.9 Å². The number of likely N-dealkylation sites (N-methyl/N-ethyl adjacent to an activating group) is 1. The molecule has 8 nitrogen and oxygen atoms in total. The molecule has 3 rings (SSSR count). The molecule has 2 atom stereocenters. The van der Waals surface area contributed by atoms with E-state index in [-0.39, 0.29) is 36.8 Å². The van der Waals surface area contributed by atoms with E-state index < -0.39 is 0 Å². The number of nitrogens with zero attached hydrogens (tertiary/aromatic N) is 6. The Kier molecular flexibility index (Phi) is 8.34. The molecule has 2 aromatic rings. The van der Waals surface area contributed by atoms with E-state index in [9.17, 15) is 4.79 Å². The third-order valence-electron chi connectivity index (χ3n) is 4.34. The van der Waals surface area contributed by atoms with Gasteiger partial charge in [-0.2, -0.15) is 10.2 Å². The number of carbonyl (C=O) groups excluding carboxylic acids is 1. The van der Waals surface area contributed by atoms with Gasteiger partial charge in [0.2, 0.25) is 5.91 Å². The van der Waals surface area contributed by atoms with Gasteiger partial charge in [0.05, 0.1) is 6.20 Å². The Morgan fingerprint density at radius 1 is 1.40 bits per heavy atom. The predicted octanol–water partition coefficient (Wildman–Crippen LogP) is 1.05. The van der Waals surface area contributed by atoms with Crippen LogP contribution in [0.2, 0.25) is 0 Å². The first-order chi connectivity index (χ1) is 11.2.